The van der Waals surface area contributed by atoms with Crippen molar-refractivity contribution in [2.75, 3.05) is 13.7 Å². The smallest absolute Gasteiger partial charge is 0.128 e. The molecule has 0 spiro atoms. The number of ether oxygens (including phenoxy) is 2. The molecule has 0 radical (unpaired) electrons. The summed E-state index contributed by atoms with van der Waals surface area (Å²) in [6, 6.07) is 5.57. The summed E-state index contributed by atoms with van der Waals surface area (Å²) in [5, 5.41) is 9.81. The van der Waals surface area contributed by atoms with Crippen molar-refractivity contribution in [1.82, 2.24) is 0 Å². The zero-order valence-electron chi connectivity index (χ0n) is 13.2. The molecule has 0 fully saturated rings. The second-order valence-corrected chi connectivity index (χ2v) is 5.31. The van der Waals surface area contributed by atoms with Crippen LogP contribution < -0.4 is 9.47 Å². The molecule has 1 aromatic carbocycles. The number of rotatable bonds is 9. The first-order valence-corrected chi connectivity index (χ1v) is 7.61. The minimum absolute atomic E-state index is 0.536. The van der Waals surface area contributed by atoms with Gasteiger partial charge in [-0.25, -0.2) is 0 Å². The maximum atomic E-state index is 9.81. The molecule has 0 heterocycles. The van der Waals surface area contributed by atoms with Crippen LogP contribution in [0.15, 0.2) is 18.2 Å². The lowest BCUT2D eigenvalue weighted by molar-refractivity contribution is 0.183. The van der Waals surface area contributed by atoms with Gasteiger partial charge in [0.2, 0.25) is 0 Å². The average Bonchev–Trinajstić information content (AvgIpc) is 2.47. The summed E-state index contributed by atoms with van der Waals surface area (Å²) >= 11 is 0. The van der Waals surface area contributed by atoms with Crippen LogP contribution in [0.3, 0.4) is 0 Å². The number of methoxy groups -OCH3 is 1. The van der Waals surface area contributed by atoms with Crippen LogP contribution in [0, 0.1) is 5.92 Å². The summed E-state index contributed by atoms with van der Waals surface area (Å²) in [6.07, 6.45) is 4.24. The monoisotopic (exact) mass is 280 g/mol. The molecule has 0 aliphatic heterocycles. The molecule has 0 saturated heterocycles. The van der Waals surface area contributed by atoms with Gasteiger partial charge in [-0.1, -0.05) is 33.1 Å². The largest absolute Gasteiger partial charge is 0.497 e. The summed E-state index contributed by atoms with van der Waals surface area (Å²) in [5.74, 6) is 2.06. The van der Waals surface area contributed by atoms with Crippen molar-refractivity contribution in [1.29, 1.82) is 0 Å². The van der Waals surface area contributed by atoms with Gasteiger partial charge in [-0.15, -0.1) is 0 Å². The molecule has 1 N–H and O–H groups in total. The Morgan fingerprint density at radius 1 is 1.25 bits per heavy atom. The van der Waals surface area contributed by atoms with Crippen molar-refractivity contribution in [3.8, 4) is 11.5 Å². The number of hydrogen-bond acceptors (Lipinski definition) is 3. The first kappa shape index (κ1) is 16.8. The number of aliphatic hydroxyl groups excluding tert-OH is 1. The van der Waals surface area contributed by atoms with Crippen LogP contribution in [0.25, 0.3) is 0 Å². The van der Waals surface area contributed by atoms with Crippen LogP contribution in [-0.2, 0) is 0 Å². The minimum Gasteiger partial charge on any atom is -0.497 e. The Kier molecular flexibility index (Phi) is 7.45. The molecule has 3 heteroatoms. The van der Waals surface area contributed by atoms with E-state index in [1.54, 1.807) is 14.0 Å². The molecule has 3 nitrogen and oxygen atoms in total. The summed E-state index contributed by atoms with van der Waals surface area (Å²) in [4.78, 5) is 0. The minimum atomic E-state index is -0.536. The molecule has 0 bridgehead atoms. The third-order valence-electron chi connectivity index (χ3n) is 3.69. The maximum Gasteiger partial charge on any atom is 0.128 e. The van der Waals surface area contributed by atoms with Crippen LogP contribution in [0.5, 0.6) is 11.5 Å². The highest BCUT2D eigenvalue weighted by Crippen LogP contribution is 2.30. The molecule has 2 atom stereocenters. The van der Waals surface area contributed by atoms with Crippen molar-refractivity contribution >= 4 is 0 Å². The quantitative estimate of drug-likeness (QED) is 0.731. The molecule has 114 valence electrons. The van der Waals surface area contributed by atoms with Gasteiger partial charge in [0.05, 0.1) is 19.8 Å². The van der Waals surface area contributed by atoms with Crippen molar-refractivity contribution in [2.45, 2.75) is 52.6 Å². The van der Waals surface area contributed by atoms with E-state index in [0.717, 1.165) is 23.5 Å². The maximum absolute atomic E-state index is 9.81. The Labute approximate surface area is 122 Å². The van der Waals surface area contributed by atoms with Gasteiger partial charge in [-0.2, -0.15) is 0 Å². The molecule has 0 aliphatic rings. The molecular formula is C17H28O3. The van der Waals surface area contributed by atoms with Crippen molar-refractivity contribution in [2.24, 2.45) is 5.92 Å². The van der Waals surface area contributed by atoms with Crippen LogP contribution in [-0.4, -0.2) is 18.8 Å². The average molecular weight is 280 g/mol. The molecule has 20 heavy (non-hydrogen) atoms. The zero-order chi connectivity index (χ0) is 15.0. The van der Waals surface area contributed by atoms with Crippen molar-refractivity contribution < 1.29 is 14.6 Å². The van der Waals surface area contributed by atoms with E-state index in [4.69, 9.17) is 9.47 Å². The lowest BCUT2D eigenvalue weighted by atomic mass is 10.0. The van der Waals surface area contributed by atoms with Gasteiger partial charge >= 0.3 is 0 Å². The number of aliphatic hydroxyl groups is 1. The number of benzene rings is 1. The van der Waals surface area contributed by atoms with Crippen LogP contribution in [0.2, 0.25) is 0 Å². The summed E-state index contributed by atoms with van der Waals surface area (Å²) < 4.78 is 11.2. The molecular weight excluding hydrogens is 252 g/mol. The predicted molar refractivity (Wildman–Crippen MR) is 82.4 cm³/mol. The molecule has 0 aliphatic carbocycles. The van der Waals surface area contributed by atoms with E-state index < -0.39 is 6.10 Å². The molecule has 0 amide bonds. The lowest BCUT2D eigenvalue weighted by Crippen LogP contribution is -2.12. The lowest BCUT2D eigenvalue weighted by Gasteiger charge is -2.19. The van der Waals surface area contributed by atoms with E-state index in [1.165, 1.54) is 19.3 Å². The van der Waals surface area contributed by atoms with E-state index in [9.17, 15) is 5.11 Å². The summed E-state index contributed by atoms with van der Waals surface area (Å²) in [6.45, 7) is 6.86. The summed E-state index contributed by atoms with van der Waals surface area (Å²) in [5.41, 5.74) is 0.816. The predicted octanol–water partition coefficient (Wildman–Crippen LogP) is 4.34. The Morgan fingerprint density at radius 3 is 2.55 bits per heavy atom. The fourth-order valence-corrected chi connectivity index (χ4v) is 2.22. The first-order valence-electron chi connectivity index (χ1n) is 7.61. The Hall–Kier alpha value is -1.22. The molecule has 0 aromatic heterocycles. The van der Waals surface area contributed by atoms with Crippen molar-refractivity contribution in [3.05, 3.63) is 23.8 Å². The van der Waals surface area contributed by atoms with Gasteiger partial charge in [0, 0.05) is 11.6 Å². The van der Waals surface area contributed by atoms with Gasteiger partial charge in [0.25, 0.3) is 0 Å². The molecule has 1 rings (SSSR count). The number of hydrogen-bond donors (Lipinski definition) is 1. The van der Waals surface area contributed by atoms with E-state index in [2.05, 4.69) is 13.8 Å². The van der Waals surface area contributed by atoms with E-state index in [1.807, 2.05) is 18.2 Å². The normalized spacial score (nSPS) is 13.8. The zero-order valence-corrected chi connectivity index (χ0v) is 13.2. The Morgan fingerprint density at radius 2 is 2.00 bits per heavy atom. The third-order valence-corrected chi connectivity index (χ3v) is 3.69. The van der Waals surface area contributed by atoms with Gasteiger partial charge in [0.1, 0.15) is 11.5 Å². The van der Waals surface area contributed by atoms with Gasteiger partial charge in [-0.05, 0) is 31.4 Å². The molecule has 1 aromatic rings. The fourth-order valence-electron chi connectivity index (χ4n) is 2.22. The van der Waals surface area contributed by atoms with Crippen molar-refractivity contribution in [3.63, 3.8) is 0 Å². The van der Waals surface area contributed by atoms with Gasteiger partial charge in [0.15, 0.2) is 0 Å². The van der Waals surface area contributed by atoms with Crippen LogP contribution >= 0.6 is 0 Å². The fraction of sp³-hybridized carbons (Fsp3) is 0.647. The highest BCUT2D eigenvalue weighted by atomic mass is 16.5. The number of unbranched alkanes of at least 4 members (excludes halogenated alkanes) is 1. The third kappa shape index (κ3) is 5.04. The SMILES string of the molecule is CCCCC(CC)COc1cc(OC)ccc1C(C)O. The highest BCUT2D eigenvalue weighted by molar-refractivity contribution is 5.41. The topological polar surface area (TPSA) is 38.7 Å². The molecule has 0 saturated carbocycles. The summed E-state index contributed by atoms with van der Waals surface area (Å²) in [7, 11) is 1.64. The van der Waals surface area contributed by atoms with E-state index in [0.29, 0.717) is 12.5 Å². The highest BCUT2D eigenvalue weighted by Gasteiger charge is 2.13. The second kappa shape index (κ2) is 8.85. The standard InChI is InChI=1S/C17H28O3/c1-5-7-8-14(6-2)12-20-17-11-15(19-4)9-10-16(17)13(3)18/h9-11,13-14,18H,5-8,12H2,1-4H3. The first-order chi connectivity index (χ1) is 9.62. The Balaban J connectivity index is 2.73. The molecule has 2 unspecified atom stereocenters. The van der Waals surface area contributed by atoms with Crippen LogP contribution in [0.1, 0.15) is 58.1 Å². The van der Waals surface area contributed by atoms with E-state index >= 15 is 0 Å². The Bertz CT molecular complexity index is 388. The second-order valence-electron chi connectivity index (χ2n) is 5.31. The van der Waals surface area contributed by atoms with Gasteiger partial charge < -0.3 is 14.6 Å². The van der Waals surface area contributed by atoms with Crippen LogP contribution in [0.4, 0.5) is 0 Å². The van der Waals surface area contributed by atoms with E-state index in [-0.39, 0.29) is 0 Å². The van der Waals surface area contributed by atoms with Gasteiger partial charge in [-0.3, -0.25) is 0 Å².